The molecule has 0 bridgehead atoms. The molecule has 0 heterocycles. The first-order chi connectivity index (χ1) is 4.15. The van der Waals surface area contributed by atoms with Gasteiger partial charge in [-0.3, -0.25) is 7.32 Å². The number of hydrogen-bond donors (Lipinski definition) is 1. The van der Waals surface area contributed by atoms with Crippen LogP contribution in [0.4, 0.5) is 0 Å². The number of aliphatic hydroxyl groups excluding tert-OH is 1. The summed E-state index contributed by atoms with van der Waals surface area (Å²) < 4.78 is 0. The summed E-state index contributed by atoms with van der Waals surface area (Å²) in [5.74, 6) is 0. The molecule has 4 nitrogen and oxygen atoms in total. The minimum absolute atomic E-state index is 0. The third kappa shape index (κ3) is 72.9. The molecule has 0 rings (SSSR count). The zero-order chi connectivity index (χ0) is 7.70. The van der Waals surface area contributed by atoms with E-state index in [1.165, 1.54) is 0 Å². The van der Waals surface area contributed by atoms with Crippen molar-refractivity contribution in [1.82, 2.24) is 0 Å². The fourth-order valence-corrected chi connectivity index (χ4v) is 0.158. The van der Waals surface area contributed by atoms with Gasteiger partial charge in [-0.25, -0.2) is 0 Å². The molecular formula is C4H10BO4Ti. The van der Waals surface area contributed by atoms with Crippen LogP contribution in [-0.2, 0) is 21.7 Å². The van der Waals surface area contributed by atoms with E-state index in [1.807, 2.05) is 0 Å². The molecule has 0 saturated heterocycles. The average molecular weight is 181 g/mol. The molecule has 0 saturated carbocycles. The first kappa shape index (κ1) is 16.9. The van der Waals surface area contributed by atoms with Crippen molar-refractivity contribution in [2.24, 2.45) is 0 Å². The maximum absolute atomic E-state index is 8.42. The van der Waals surface area contributed by atoms with Crippen LogP contribution in [0.5, 0.6) is 0 Å². The Morgan fingerprint density at radius 2 is 1.60 bits per heavy atom. The summed E-state index contributed by atoms with van der Waals surface area (Å²) in [6.07, 6.45) is 2.04. The molecule has 10 heavy (non-hydrogen) atoms. The molecular weight excluding hydrogens is 171 g/mol. The molecule has 57 valence electrons. The average Bonchev–Trinajstić information content (AvgIpc) is 1.66. The quantitative estimate of drug-likeness (QED) is 0.454. The second kappa shape index (κ2) is 16.3. The summed E-state index contributed by atoms with van der Waals surface area (Å²) >= 11 is 0. The van der Waals surface area contributed by atoms with E-state index in [1.54, 1.807) is 0 Å². The first-order valence-electron chi connectivity index (χ1n) is 2.73. The van der Waals surface area contributed by atoms with E-state index >= 15 is 0 Å². The van der Waals surface area contributed by atoms with Crippen LogP contribution in [0.1, 0.15) is 19.8 Å². The Labute approximate surface area is 76.0 Å². The minimum Gasteiger partial charge on any atom is -0.907 e. The van der Waals surface area contributed by atoms with Crippen molar-refractivity contribution >= 4 is 7.32 Å². The van der Waals surface area contributed by atoms with Crippen LogP contribution in [-0.4, -0.2) is 19.0 Å². The number of rotatable bonds is 2. The van der Waals surface area contributed by atoms with Crippen LogP contribution in [0, 0.1) is 0 Å². The van der Waals surface area contributed by atoms with Crippen LogP contribution in [0.2, 0.25) is 0 Å². The topological polar surface area (TPSA) is 89.4 Å². The van der Waals surface area contributed by atoms with Gasteiger partial charge in [0, 0.05) is 6.61 Å². The predicted molar refractivity (Wildman–Crippen MR) is 27.7 cm³/mol. The number of aliphatic hydroxyl groups is 1. The summed E-state index contributed by atoms with van der Waals surface area (Å²) in [6, 6.07) is 0. The maximum Gasteiger partial charge on any atom is 3.00 e. The number of hydrogen-bond acceptors (Lipinski definition) is 4. The van der Waals surface area contributed by atoms with Crippen LogP contribution in [0.3, 0.4) is 0 Å². The molecule has 0 fully saturated rings. The Morgan fingerprint density at radius 3 is 1.60 bits per heavy atom. The zero-order valence-corrected chi connectivity index (χ0v) is 7.43. The van der Waals surface area contributed by atoms with Gasteiger partial charge >= 0.3 is 21.7 Å². The smallest absolute Gasteiger partial charge is 0.907 e. The second-order valence-electron chi connectivity index (χ2n) is 1.37. The van der Waals surface area contributed by atoms with Crippen LogP contribution in [0.15, 0.2) is 0 Å². The Bertz CT molecular complexity index is 41.5. The van der Waals surface area contributed by atoms with Crippen molar-refractivity contribution in [2.75, 3.05) is 6.61 Å². The second-order valence-corrected chi connectivity index (χ2v) is 1.37. The Kier molecular flexibility index (Phi) is 27.6. The van der Waals surface area contributed by atoms with Crippen molar-refractivity contribution in [3.8, 4) is 0 Å². The summed E-state index contributed by atoms with van der Waals surface area (Å²) in [7, 11) is -2.92. The van der Waals surface area contributed by atoms with Gasteiger partial charge in [0.15, 0.2) is 0 Å². The molecule has 1 N–H and O–H groups in total. The Balaban J connectivity index is -0.0000000910. The van der Waals surface area contributed by atoms with Crippen molar-refractivity contribution in [2.45, 2.75) is 19.8 Å². The number of unbranched alkanes of at least 4 members (excludes halogenated alkanes) is 1. The van der Waals surface area contributed by atoms with Crippen molar-refractivity contribution in [3.05, 3.63) is 0 Å². The van der Waals surface area contributed by atoms with Crippen molar-refractivity contribution < 1.29 is 41.9 Å². The van der Waals surface area contributed by atoms with Crippen LogP contribution < -0.4 is 15.1 Å². The molecule has 0 unspecified atom stereocenters. The van der Waals surface area contributed by atoms with E-state index in [0.717, 1.165) is 12.8 Å². The standard InChI is InChI=1S/C4H10O.BO3.Ti/c1-2-3-4-5;2-1(3)4;/h5H,2-4H2,1H3;;/q;-3;+3. The van der Waals surface area contributed by atoms with Gasteiger partial charge in [-0.05, 0) is 6.42 Å². The van der Waals surface area contributed by atoms with E-state index in [0.29, 0.717) is 6.61 Å². The molecule has 0 spiro atoms. The monoisotopic (exact) mass is 181 g/mol. The molecule has 0 aliphatic heterocycles. The summed E-state index contributed by atoms with van der Waals surface area (Å²) in [5.41, 5.74) is 0. The molecule has 0 aliphatic carbocycles. The van der Waals surface area contributed by atoms with Gasteiger partial charge < -0.3 is 20.2 Å². The SMILES string of the molecule is CCCCO.[O-]B([O-])[O-].[Ti+3]. The van der Waals surface area contributed by atoms with Crippen molar-refractivity contribution in [3.63, 3.8) is 0 Å². The molecule has 0 aromatic rings. The molecule has 0 atom stereocenters. The summed E-state index contributed by atoms with van der Waals surface area (Å²) in [6.45, 7) is 2.40. The van der Waals surface area contributed by atoms with Gasteiger partial charge in [0.2, 0.25) is 0 Å². The van der Waals surface area contributed by atoms with E-state index in [-0.39, 0.29) is 21.7 Å². The van der Waals surface area contributed by atoms with Gasteiger partial charge in [-0.1, -0.05) is 13.3 Å². The minimum atomic E-state index is -2.92. The van der Waals surface area contributed by atoms with E-state index in [2.05, 4.69) is 6.92 Å². The Morgan fingerprint density at radius 1 is 1.30 bits per heavy atom. The van der Waals surface area contributed by atoms with Crippen LogP contribution in [0.25, 0.3) is 0 Å². The van der Waals surface area contributed by atoms with Gasteiger partial charge in [0.05, 0.1) is 0 Å². The van der Waals surface area contributed by atoms with E-state index < -0.39 is 7.32 Å². The molecule has 0 aromatic heterocycles. The predicted octanol–water partition coefficient (Wildman–Crippen LogP) is -3.17. The largest absolute Gasteiger partial charge is 3.00 e. The van der Waals surface area contributed by atoms with E-state index in [4.69, 9.17) is 20.2 Å². The van der Waals surface area contributed by atoms with Gasteiger partial charge in [-0.15, -0.1) is 0 Å². The third-order valence-electron chi connectivity index (χ3n) is 0.512. The van der Waals surface area contributed by atoms with Gasteiger partial charge in [0.1, 0.15) is 0 Å². The molecule has 6 heteroatoms. The molecule has 0 aromatic carbocycles. The van der Waals surface area contributed by atoms with Crippen LogP contribution >= 0.6 is 0 Å². The maximum atomic E-state index is 8.42. The third-order valence-corrected chi connectivity index (χ3v) is 0.512. The van der Waals surface area contributed by atoms with Crippen molar-refractivity contribution in [1.29, 1.82) is 0 Å². The zero-order valence-electron chi connectivity index (χ0n) is 5.87. The Hall–Kier alpha value is 0.619. The fourth-order valence-electron chi connectivity index (χ4n) is 0.158. The van der Waals surface area contributed by atoms with E-state index in [9.17, 15) is 0 Å². The van der Waals surface area contributed by atoms with Gasteiger partial charge in [0.25, 0.3) is 0 Å². The molecule has 1 radical (unpaired) electrons. The summed E-state index contributed by atoms with van der Waals surface area (Å²) in [5, 5.41) is 33.3. The first-order valence-corrected chi connectivity index (χ1v) is 2.73. The molecule has 0 amide bonds. The normalized spacial score (nSPS) is 6.90. The fraction of sp³-hybridized carbons (Fsp3) is 1.00. The summed E-state index contributed by atoms with van der Waals surface area (Å²) in [4.78, 5) is 0. The van der Waals surface area contributed by atoms with Gasteiger partial charge in [-0.2, -0.15) is 0 Å². The molecule has 0 aliphatic rings.